The summed E-state index contributed by atoms with van der Waals surface area (Å²) in [7, 11) is 1.48. The number of ether oxygens (including phenoxy) is 1. The van der Waals surface area contributed by atoms with Gasteiger partial charge in [0.15, 0.2) is 5.82 Å². The zero-order valence-electron chi connectivity index (χ0n) is 9.67. The Labute approximate surface area is 94.2 Å². The molecule has 1 aliphatic carbocycles. The number of anilines is 1. The molecule has 0 aromatic carbocycles. The normalized spacial score (nSPS) is 18.4. The third-order valence-corrected chi connectivity index (χ3v) is 3.14. The number of nitrogens with one attached hydrogen (secondary N) is 2. The Kier molecular flexibility index (Phi) is 2.85. The van der Waals surface area contributed by atoms with Gasteiger partial charge in [0.05, 0.1) is 13.4 Å². The van der Waals surface area contributed by atoms with E-state index in [9.17, 15) is 4.79 Å². The van der Waals surface area contributed by atoms with Crippen LogP contribution in [0.2, 0.25) is 0 Å². The van der Waals surface area contributed by atoms with Crippen molar-refractivity contribution in [3.63, 3.8) is 0 Å². The van der Waals surface area contributed by atoms with Crippen molar-refractivity contribution < 1.29 is 4.74 Å². The molecule has 0 atom stereocenters. The fraction of sp³-hybridized carbons (Fsp3) is 0.636. The van der Waals surface area contributed by atoms with E-state index in [1.165, 1.54) is 26.3 Å². The molecule has 5 nitrogen and oxygen atoms in total. The van der Waals surface area contributed by atoms with Gasteiger partial charge in [-0.15, -0.1) is 0 Å². The number of aromatic amines is 1. The smallest absolute Gasteiger partial charge is 0.295 e. The number of hydrogen-bond donors (Lipinski definition) is 2. The molecule has 0 saturated heterocycles. The largest absolute Gasteiger partial charge is 0.489 e. The average Bonchev–Trinajstić information content (AvgIpc) is 2.65. The van der Waals surface area contributed by atoms with Crippen molar-refractivity contribution in [2.45, 2.75) is 38.1 Å². The summed E-state index contributed by atoms with van der Waals surface area (Å²) >= 11 is 0. The quantitative estimate of drug-likeness (QED) is 0.815. The van der Waals surface area contributed by atoms with Crippen molar-refractivity contribution in [1.82, 2.24) is 9.97 Å². The monoisotopic (exact) mass is 223 g/mol. The van der Waals surface area contributed by atoms with Crippen LogP contribution < -0.4 is 15.6 Å². The lowest BCUT2D eigenvalue weighted by Crippen LogP contribution is -2.32. The van der Waals surface area contributed by atoms with Crippen molar-refractivity contribution in [1.29, 1.82) is 0 Å². The molecular formula is C11H17N3O2. The SMILES string of the molecule is COc1c(NC2(C)CCCC2)nc[nH]c1=O. The van der Waals surface area contributed by atoms with Crippen LogP contribution in [-0.2, 0) is 0 Å². The first-order chi connectivity index (χ1) is 7.64. The molecule has 1 saturated carbocycles. The Hall–Kier alpha value is -1.52. The van der Waals surface area contributed by atoms with Gasteiger partial charge in [0.2, 0.25) is 5.75 Å². The highest BCUT2D eigenvalue weighted by atomic mass is 16.5. The standard InChI is InChI=1S/C11H17N3O2/c1-11(5-3-4-6-11)14-9-8(16-2)10(15)13-7-12-9/h7H,3-6H2,1-2H3,(H2,12,13,14,15). The summed E-state index contributed by atoms with van der Waals surface area (Å²) in [6.07, 6.45) is 6.03. The van der Waals surface area contributed by atoms with E-state index in [1.807, 2.05) is 0 Å². The number of methoxy groups -OCH3 is 1. The zero-order valence-corrected chi connectivity index (χ0v) is 9.67. The van der Waals surface area contributed by atoms with E-state index >= 15 is 0 Å². The molecule has 5 heteroatoms. The van der Waals surface area contributed by atoms with Gasteiger partial charge in [-0.3, -0.25) is 4.79 Å². The van der Waals surface area contributed by atoms with Gasteiger partial charge in [0, 0.05) is 5.54 Å². The summed E-state index contributed by atoms with van der Waals surface area (Å²) < 4.78 is 5.06. The molecule has 0 aliphatic heterocycles. The van der Waals surface area contributed by atoms with Crippen molar-refractivity contribution in [3.05, 3.63) is 16.7 Å². The van der Waals surface area contributed by atoms with E-state index < -0.39 is 0 Å². The molecule has 0 spiro atoms. The minimum Gasteiger partial charge on any atom is -0.489 e. The minimum atomic E-state index is -0.249. The first kappa shape index (κ1) is 11.0. The van der Waals surface area contributed by atoms with Crippen LogP contribution in [0.4, 0.5) is 5.82 Å². The van der Waals surface area contributed by atoms with E-state index in [-0.39, 0.29) is 16.8 Å². The Morgan fingerprint density at radius 1 is 1.50 bits per heavy atom. The second kappa shape index (κ2) is 4.15. The second-order valence-corrected chi connectivity index (χ2v) is 4.51. The number of hydrogen-bond acceptors (Lipinski definition) is 4. The van der Waals surface area contributed by atoms with Crippen LogP contribution in [0.5, 0.6) is 5.75 Å². The summed E-state index contributed by atoms with van der Waals surface area (Å²) in [6, 6.07) is 0. The molecule has 1 aromatic heterocycles. The molecule has 1 aromatic rings. The van der Waals surface area contributed by atoms with E-state index in [4.69, 9.17) is 4.74 Å². The number of nitrogens with zero attached hydrogens (tertiary/aromatic N) is 1. The first-order valence-electron chi connectivity index (χ1n) is 5.54. The maximum atomic E-state index is 11.5. The molecule has 0 radical (unpaired) electrons. The number of aromatic nitrogens is 2. The van der Waals surface area contributed by atoms with Crippen LogP contribution in [0.15, 0.2) is 11.1 Å². The van der Waals surface area contributed by atoms with Crippen LogP contribution in [0, 0.1) is 0 Å². The summed E-state index contributed by atoms with van der Waals surface area (Å²) in [5.41, 5.74) is -0.213. The molecule has 0 unspecified atom stereocenters. The third kappa shape index (κ3) is 2.03. The Morgan fingerprint density at radius 3 is 2.81 bits per heavy atom. The topological polar surface area (TPSA) is 67.0 Å². The maximum absolute atomic E-state index is 11.5. The summed E-state index contributed by atoms with van der Waals surface area (Å²) in [6.45, 7) is 2.16. The lowest BCUT2D eigenvalue weighted by atomic mass is 10.0. The lowest BCUT2D eigenvalue weighted by molar-refractivity contribution is 0.405. The van der Waals surface area contributed by atoms with Crippen molar-refractivity contribution in [2.24, 2.45) is 0 Å². The van der Waals surface area contributed by atoms with Crippen LogP contribution in [0.25, 0.3) is 0 Å². The highest BCUT2D eigenvalue weighted by molar-refractivity contribution is 5.49. The molecule has 16 heavy (non-hydrogen) atoms. The van der Waals surface area contributed by atoms with Crippen molar-refractivity contribution >= 4 is 5.82 Å². The minimum absolute atomic E-state index is 0.0358. The van der Waals surface area contributed by atoms with Crippen molar-refractivity contribution in [2.75, 3.05) is 12.4 Å². The zero-order chi connectivity index (χ0) is 11.6. The van der Waals surface area contributed by atoms with Gasteiger partial charge in [0.25, 0.3) is 5.56 Å². The molecule has 0 bridgehead atoms. The lowest BCUT2D eigenvalue weighted by Gasteiger charge is -2.26. The molecule has 1 fully saturated rings. The van der Waals surface area contributed by atoms with Gasteiger partial charge in [0.1, 0.15) is 0 Å². The van der Waals surface area contributed by atoms with Gasteiger partial charge in [-0.05, 0) is 19.8 Å². The maximum Gasteiger partial charge on any atom is 0.295 e. The molecule has 1 heterocycles. The third-order valence-electron chi connectivity index (χ3n) is 3.14. The van der Waals surface area contributed by atoms with E-state index in [1.54, 1.807) is 0 Å². The van der Waals surface area contributed by atoms with E-state index in [0.29, 0.717) is 5.82 Å². The predicted molar refractivity (Wildman–Crippen MR) is 61.9 cm³/mol. The van der Waals surface area contributed by atoms with E-state index in [2.05, 4.69) is 22.2 Å². The molecule has 2 rings (SSSR count). The molecular weight excluding hydrogens is 206 g/mol. The van der Waals surface area contributed by atoms with Crippen LogP contribution in [0.1, 0.15) is 32.6 Å². The number of rotatable bonds is 3. The molecule has 1 aliphatic rings. The number of H-pyrrole nitrogens is 1. The van der Waals surface area contributed by atoms with Crippen LogP contribution in [0.3, 0.4) is 0 Å². The first-order valence-corrected chi connectivity index (χ1v) is 5.54. The summed E-state index contributed by atoms with van der Waals surface area (Å²) in [4.78, 5) is 18.1. The highest BCUT2D eigenvalue weighted by Crippen LogP contribution is 2.33. The molecule has 88 valence electrons. The van der Waals surface area contributed by atoms with Crippen LogP contribution in [-0.4, -0.2) is 22.6 Å². The predicted octanol–water partition coefficient (Wildman–Crippen LogP) is 1.52. The van der Waals surface area contributed by atoms with Gasteiger partial charge in [-0.2, -0.15) is 0 Å². The Bertz CT molecular complexity index is 421. The van der Waals surface area contributed by atoms with Crippen LogP contribution >= 0.6 is 0 Å². The Balaban J connectivity index is 2.27. The van der Waals surface area contributed by atoms with Gasteiger partial charge in [-0.1, -0.05) is 12.8 Å². The average molecular weight is 223 g/mol. The summed E-state index contributed by atoms with van der Waals surface area (Å²) in [5.74, 6) is 0.797. The van der Waals surface area contributed by atoms with Crippen molar-refractivity contribution in [3.8, 4) is 5.75 Å². The fourth-order valence-electron chi connectivity index (χ4n) is 2.23. The molecule has 2 N–H and O–H groups in total. The Morgan fingerprint density at radius 2 is 2.19 bits per heavy atom. The van der Waals surface area contributed by atoms with Gasteiger partial charge in [-0.25, -0.2) is 4.98 Å². The second-order valence-electron chi connectivity index (χ2n) is 4.51. The van der Waals surface area contributed by atoms with E-state index in [0.717, 1.165) is 12.8 Å². The van der Waals surface area contributed by atoms with Gasteiger partial charge < -0.3 is 15.0 Å². The molecule has 0 amide bonds. The van der Waals surface area contributed by atoms with Gasteiger partial charge >= 0.3 is 0 Å². The fourth-order valence-corrected chi connectivity index (χ4v) is 2.23. The highest BCUT2D eigenvalue weighted by Gasteiger charge is 2.29. The summed E-state index contributed by atoms with van der Waals surface area (Å²) in [5, 5.41) is 3.32.